The van der Waals surface area contributed by atoms with Gasteiger partial charge in [-0.25, -0.2) is 0 Å². The molecule has 0 bridgehead atoms. The second-order valence-electron chi connectivity index (χ2n) is 15.8. The second kappa shape index (κ2) is 44.5. The van der Waals surface area contributed by atoms with Gasteiger partial charge in [-0.1, -0.05) is 194 Å². The van der Waals surface area contributed by atoms with Crippen LogP contribution in [-0.2, 0) is 19.1 Å². The summed E-state index contributed by atoms with van der Waals surface area (Å²) in [6, 6.07) is 0. The summed E-state index contributed by atoms with van der Waals surface area (Å²) >= 11 is 0. The number of carbonyl (C=O) groups excluding carboxylic acids is 2. The monoisotopic (exact) mass is 759 g/mol. The molecule has 7 heteroatoms. The van der Waals surface area contributed by atoms with Gasteiger partial charge in [0.05, 0.1) is 0 Å². The third-order valence-electron chi connectivity index (χ3n) is 10.4. The Morgan fingerprint density at radius 2 is 0.635 bits per heavy atom. The molecule has 0 aliphatic carbocycles. The number of rotatable bonds is 42. The van der Waals surface area contributed by atoms with E-state index >= 15 is 0 Å². The lowest BCUT2D eigenvalue weighted by Crippen LogP contribution is -2.34. The van der Waals surface area contributed by atoms with E-state index in [1.807, 2.05) is 0 Å². The lowest BCUT2D eigenvalue weighted by atomic mass is 10.0. The number of esters is 2. The predicted molar refractivity (Wildman–Crippen MR) is 228 cm³/mol. The summed E-state index contributed by atoms with van der Waals surface area (Å²) in [4.78, 5) is 29.1. The van der Waals surface area contributed by atoms with Crippen molar-refractivity contribution in [2.75, 3.05) is 53.5 Å². The Bertz CT molecular complexity index is 671. The Hall–Kier alpha value is -0.850. The van der Waals surface area contributed by atoms with E-state index in [0.717, 1.165) is 45.2 Å². The normalized spacial score (nSPS) is 11.3. The molecular weight excluding hydrogens is 668 g/mol. The molecule has 0 rings (SSSR count). The minimum Gasteiger partial charge on any atom is -0.464 e. The summed E-state index contributed by atoms with van der Waals surface area (Å²) in [7, 11) is 4.17. The Morgan fingerprint density at radius 3 is 0.904 bits per heavy atom. The van der Waals surface area contributed by atoms with Crippen LogP contribution in [0.5, 0.6) is 0 Å². The Morgan fingerprint density at radius 1 is 0.365 bits per heavy atom. The first-order valence-corrected chi connectivity index (χ1v) is 22.7. The molecule has 312 valence electrons. The molecule has 0 spiro atoms. The van der Waals surface area contributed by atoms with Gasteiger partial charge < -0.3 is 14.4 Å². The highest BCUT2D eigenvalue weighted by atomic mass is 35.5. The van der Waals surface area contributed by atoms with Crippen molar-refractivity contribution in [3.05, 3.63) is 0 Å². The molecular formula is C45H91ClN2O4. The van der Waals surface area contributed by atoms with E-state index in [4.69, 9.17) is 9.47 Å². The van der Waals surface area contributed by atoms with Gasteiger partial charge in [-0.3, -0.25) is 14.5 Å². The number of halogens is 1. The summed E-state index contributed by atoms with van der Waals surface area (Å²) in [6.45, 7) is 8.68. The quantitative estimate of drug-likeness (QED) is 0.0456. The van der Waals surface area contributed by atoms with Gasteiger partial charge >= 0.3 is 11.9 Å². The van der Waals surface area contributed by atoms with Crippen LogP contribution < -0.4 is 0 Å². The number of hydrogen-bond donors (Lipinski definition) is 0. The lowest BCUT2D eigenvalue weighted by molar-refractivity contribution is -0.144. The molecule has 0 unspecified atom stereocenters. The molecule has 0 heterocycles. The van der Waals surface area contributed by atoms with Crippen molar-refractivity contribution in [2.45, 2.75) is 226 Å². The van der Waals surface area contributed by atoms with Crippen LogP contribution in [0.15, 0.2) is 0 Å². The molecule has 0 aliphatic heterocycles. The van der Waals surface area contributed by atoms with Gasteiger partial charge in [0, 0.05) is 25.9 Å². The first-order chi connectivity index (χ1) is 25.0. The van der Waals surface area contributed by atoms with Crippen molar-refractivity contribution >= 4 is 24.3 Å². The van der Waals surface area contributed by atoms with Crippen LogP contribution in [-0.4, -0.2) is 75.2 Å². The third kappa shape index (κ3) is 43.6. The van der Waals surface area contributed by atoms with Gasteiger partial charge in [-0.2, -0.15) is 0 Å². The molecule has 0 aromatic heterocycles. The molecule has 0 saturated heterocycles. The fraction of sp³-hybridized carbons (Fsp3) is 0.956. The van der Waals surface area contributed by atoms with E-state index in [1.165, 1.54) is 167 Å². The highest BCUT2D eigenvalue weighted by Crippen LogP contribution is 2.15. The minimum atomic E-state index is -0.0761. The average Bonchev–Trinajstić information content (AvgIpc) is 3.11. The van der Waals surface area contributed by atoms with Gasteiger partial charge in [-0.05, 0) is 46.4 Å². The number of ether oxygens (including phenoxy) is 2. The van der Waals surface area contributed by atoms with E-state index in [0.29, 0.717) is 39.1 Å². The van der Waals surface area contributed by atoms with Crippen LogP contribution in [0.25, 0.3) is 0 Å². The van der Waals surface area contributed by atoms with Gasteiger partial charge in [0.15, 0.2) is 0 Å². The SMILES string of the molecule is CCCCCCCCCCCCCCCCCC(=O)OCCN(CCCN(C)C)CCOC(=O)CCCCCCCCCCCCCCCCC.Cl. The zero-order valence-corrected chi connectivity index (χ0v) is 36.3. The van der Waals surface area contributed by atoms with Gasteiger partial charge in [0.25, 0.3) is 0 Å². The standard InChI is InChI=1S/C45H90N2O4.ClH/c1-5-7-9-11-13-15-17-19-21-23-25-27-29-31-33-36-44(48)50-42-40-47(39-35-38-46(3)4)41-43-51-45(49)37-34-32-30-28-26-24-22-20-18-16-14-12-10-8-6-2;/h5-43H2,1-4H3;1H. The van der Waals surface area contributed by atoms with Crippen LogP contribution in [0.2, 0.25) is 0 Å². The van der Waals surface area contributed by atoms with Crippen LogP contribution in [0.4, 0.5) is 0 Å². The second-order valence-corrected chi connectivity index (χ2v) is 15.8. The molecule has 0 aromatic carbocycles. The van der Waals surface area contributed by atoms with E-state index in [2.05, 4.69) is 37.7 Å². The largest absolute Gasteiger partial charge is 0.464 e. The molecule has 6 nitrogen and oxygen atoms in total. The number of unbranched alkanes of at least 4 members (excludes halogenated alkanes) is 28. The van der Waals surface area contributed by atoms with Gasteiger partial charge in [0.2, 0.25) is 0 Å². The topological polar surface area (TPSA) is 59.1 Å². The van der Waals surface area contributed by atoms with Crippen molar-refractivity contribution in [1.29, 1.82) is 0 Å². The molecule has 0 aromatic rings. The summed E-state index contributed by atoms with van der Waals surface area (Å²) < 4.78 is 11.2. The highest BCUT2D eigenvalue weighted by Gasteiger charge is 2.10. The van der Waals surface area contributed by atoms with Crippen molar-refractivity contribution in [1.82, 2.24) is 9.80 Å². The average molecular weight is 760 g/mol. The maximum Gasteiger partial charge on any atom is 0.305 e. The molecule has 0 atom stereocenters. The molecule has 0 radical (unpaired) electrons. The number of carbonyl (C=O) groups is 2. The molecule has 0 saturated carbocycles. The minimum absolute atomic E-state index is 0. The van der Waals surface area contributed by atoms with E-state index in [9.17, 15) is 9.59 Å². The Kier molecular flexibility index (Phi) is 45.6. The maximum atomic E-state index is 12.3. The van der Waals surface area contributed by atoms with E-state index < -0.39 is 0 Å². The first-order valence-electron chi connectivity index (χ1n) is 22.7. The summed E-state index contributed by atoms with van der Waals surface area (Å²) in [5, 5.41) is 0. The third-order valence-corrected chi connectivity index (χ3v) is 10.4. The summed E-state index contributed by atoms with van der Waals surface area (Å²) in [5.74, 6) is -0.152. The fourth-order valence-electron chi connectivity index (χ4n) is 6.95. The van der Waals surface area contributed by atoms with Crippen LogP contribution in [0.1, 0.15) is 226 Å². The number of nitrogens with zero attached hydrogens (tertiary/aromatic N) is 2. The van der Waals surface area contributed by atoms with Crippen LogP contribution in [0.3, 0.4) is 0 Å². The Balaban J connectivity index is 0. The highest BCUT2D eigenvalue weighted by molar-refractivity contribution is 5.85. The number of hydrogen-bond acceptors (Lipinski definition) is 6. The van der Waals surface area contributed by atoms with Gasteiger partial charge in [-0.15, -0.1) is 12.4 Å². The van der Waals surface area contributed by atoms with Crippen LogP contribution in [0, 0.1) is 0 Å². The van der Waals surface area contributed by atoms with Gasteiger partial charge in [0.1, 0.15) is 13.2 Å². The van der Waals surface area contributed by atoms with E-state index in [-0.39, 0.29) is 24.3 Å². The molecule has 0 aliphatic rings. The zero-order chi connectivity index (χ0) is 37.3. The first kappa shape index (κ1) is 53.3. The summed E-state index contributed by atoms with van der Waals surface area (Å²) in [5.41, 5.74) is 0. The van der Waals surface area contributed by atoms with Crippen molar-refractivity contribution < 1.29 is 19.1 Å². The molecule has 52 heavy (non-hydrogen) atoms. The smallest absolute Gasteiger partial charge is 0.305 e. The van der Waals surface area contributed by atoms with Crippen LogP contribution >= 0.6 is 12.4 Å². The Labute approximate surface area is 331 Å². The van der Waals surface area contributed by atoms with Crippen molar-refractivity contribution in [3.63, 3.8) is 0 Å². The van der Waals surface area contributed by atoms with Crippen molar-refractivity contribution in [2.24, 2.45) is 0 Å². The predicted octanol–water partition coefficient (Wildman–Crippen LogP) is 13.3. The maximum absolute atomic E-state index is 12.3. The lowest BCUT2D eigenvalue weighted by Gasteiger charge is -2.23. The zero-order valence-electron chi connectivity index (χ0n) is 35.5. The summed E-state index contributed by atoms with van der Waals surface area (Å²) in [6.07, 6.45) is 41.8. The van der Waals surface area contributed by atoms with Crippen molar-refractivity contribution in [3.8, 4) is 0 Å². The fourth-order valence-corrected chi connectivity index (χ4v) is 6.95. The molecule has 0 fully saturated rings. The molecule has 0 amide bonds. The van der Waals surface area contributed by atoms with E-state index in [1.54, 1.807) is 0 Å². The molecule has 0 N–H and O–H groups in total.